The Kier molecular flexibility index (Phi) is 4.12. The van der Waals surface area contributed by atoms with E-state index in [9.17, 15) is 4.79 Å². The lowest BCUT2D eigenvalue weighted by molar-refractivity contribution is 0.0595. The first-order chi connectivity index (χ1) is 9.04. The van der Waals surface area contributed by atoms with Crippen LogP contribution in [0.5, 0.6) is 0 Å². The fraction of sp³-hybridized carbons (Fsp3) is 0.714. The van der Waals surface area contributed by atoms with Crippen molar-refractivity contribution in [3.8, 4) is 0 Å². The number of aryl methyl sites for hydroxylation is 1. The molecule has 1 aromatic heterocycles. The predicted octanol–water partition coefficient (Wildman–Crippen LogP) is 2.39. The van der Waals surface area contributed by atoms with Crippen molar-refractivity contribution in [2.24, 2.45) is 11.8 Å². The minimum Gasteiger partial charge on any atom is -0.464 e. The van der Waals surface area contributed by atoms with Crippen LogP contribution in [0.15, 0.2) is 0 Å². The van der Waals surface area contributed by atoms with Crippen LogP contribution in [0.3, 0.4) is 0 Å². The fourth-order valence-electron chi connectivity index (χ4n) is 2.96. The highest BCUT2D eigenvalue weighted by Gasteiger charge is 2.25. The third-order valence-electron chi connectivity index (χ3n) is 4.28. The van der Waals surface area contributed by atoms with E-state index < -0.39 is 5.97 Å². The zero-order valence-corrected chi connectivity index (χ0v) is 12.0. The topological polar surface area (TPSA) is 70.1 Å². The SMILES string of the molecule is COC(=O)c1nc(C)n(CC2CCCCC2C)c1N. The van der Waals surface area contributed by atoms with Gasteiger partial charge in [-0.25, -0.2) is 9.78 Å². The van der Waals surface area contributed by atoms with Gasteiger partial charge in [0.05, 0.1) is 7.11 Å². The largest absolute Gasteiger partial charge is 0.464 e. The fourth-order valence-corrected chi connectivity index (χ4v) is 2.96. The molecule has 0 saturated heterocycles. The van der Waals surface area contributed by atoms with Crippen LogP contribution in [-0.2, 0) is 11.3 Å². The minimum absolute atomic E-state index is 0.239. The average molecular weight is 265 g/mol. The number of rotatable bonds is 3. The number of nitrogens with zero attached hydrogens (tertiary/aromatic N) is 2. The minimum atomic E-state index is -0.462. The molecular weight excluding hydrogens is 242 g/mol. The van der Waals surface area contributed by atoms with E-state index in [1.165, 1.54) is 32.8 Å². The van der Waals surface area contributed by atoms with Gasteiger partial charge in [-0.2, -0.15) is 0 Å². The van der Waals surface area contributed by atoms with Gasteiger partial charge in [0.15, 0.2) is 5.69 Å². The van der Waals surface area contributed by atoms with Gasteiger partial charge in [-0.3, -0.25) is 0 Å². The van der Waals surface area contributed by atoms with Crippen molar-refractivity contribution in [2.45, 2.75) is 46.1 Å². The van der Waals surface area contributed by atoms with Crippen LogP contribution in [-0.4, -0.2) is 22.6 Å². The van der Waals surface area contributed by atoms with Gasteiger partial charge in [0.2, 0.25) is 0 Å². The number of imidazole rings is 1. The molecule has 2 unspecified atom stereocenters. The number of aromatic nitrogens is 2. The Morgan fingerprint density at radius 2 is 2.16 bits per heavy atom. The lowest BCUT2D eigenvalue weighted by Gasteiger charge is -2.29. The number of nitrogen functional groups attached to an aromatic ring is 1. The van der Waals surface area contributed by atoms with Crippen molar-refractivity contribution in [1.82, 2.24) is 9.55 Å². The molecule has 0 amide bonds. The van der Waals surface area contributed by atoms with Gasteiger partial charge >= 0.3 is 5.97 Å². The summed E-state index contributed by atoms with van der Waals surface area (Å²) in [4.78, 5) is 15.8. The quantitative estimate of drug-likeness (QED) is 0.852. The van der Waals surface area contributed by atoms with Crippen LogP contribution in [0.25, 0.3) is 0 Å². The van der Waals surface area contributed by atoms with Crippen LogP contribution in [0, 0.1) is 18.8 Å². The molecule has 0 spiro atoms. The highest BCUT2D eigenvalue weighted by Crippen LogP contribution is 2.32. The average Bonchev–Trinajstić information content (AvgIpc) is 2.68. The number of carbonyl (C=O) groups is 1. The molecule has 0 aliphatic heterocycles. The Bertz CT molecular complexity index is 468. The lowest BCUT2D eigenvalue weighted by atomic mass is 9.80. The maximum Gasteiger partial charge on any atom is 0.360 e. The van der Waals surface area contributed by atoms with Crippen molar-refractivity contribution in [3.63, 3.8) is 0 Å². The molecule has 1 aromatic rings. The summed E-state index contributed by atoms with van der Waals surface area (Å²) in [6.07, 6.45) is 5.12. The molecule has 5 nitrogen and oxygen atoms in total. The van der Waals surface area contributed by atoms with Crippen LogP contribution in [0.4, 0.5) is 5.82 Å². The number of anilines is 1. The summed E-state index contributed by atoms with van der Waals surface area (Å²) in [5.74, 6) is 2.08. The molecule has 1 aliphatic carbocycles. The summed E-state index contributed by atoms with van der Waals surface area (Å²) >= 11 is 0. The molecule has 2 rings (SSSR count). The Hall–Kier alpha value is -1.52. The van der Waals surface area contributed by atoms with E-state index in [-0.39, 0.29) is 5.69 Å². The molecular formula is C14H23N3O2. The predicted molar refractivity (Wildman–Crippen MR) is 73.8 cm³/mol. The molecule has 1 aliphatic rings. The van der Waals surface area contributed by atoms with E-state index >= 15 is 0 Å². The summed E-state index contributed by atoms with van der Waals surface area (Å²) in [6.45, 7) is 5.03. The molecule has 0 radical (unpaired) electrons. The Morgan fingerprint density at radius 1 is 1.47 bits per heavy atom. The summed E-state index contributed by atoms with van der Waals surface area (Å²) in [6, 6.07) is 0. The van der Waals surface area contributed by atoms with Crippen LogP contribution < -0.4 is 5.73 Å². The lowest BCUT2D eigenvalue weighted by Crippen LogP contribution is -2.23. The van der Waals surface area contributed by atoms with Crippen LogP contribution in [0.2, 0.25) is 0 Å². The molecule has 0 bridgehead atoms. The molecule has 1 fully saturated rings. The van der Waals surface area contributed by atoms with Crippen molar-refractivity contribution < 1.29 is 9.53 Å². The van der Waals surface area contributed by atoms with Gasteiger partial charge in [0.1, 0.15) is 11.6 Å². The molecule has 1 saturated carbocycles. The van der Waals surface area contributed by atoms with Gasteiger partial charge in [0.25, 0.3) is 0 Å². The van der Waals surface area contributed by atoms with Gasteiger partial charge in [0, 0.05) is 6.54 Å². The first-order valence-electron chi connectivity index (χ1n) is 6.95. The number of esters is 1. The molecule has 2 atom stereocenters. The van der Waals surface area contributed by atoms with E-state index in [0.29, 0.717) is 17.7 Å². The first-order valence-corrected chi connectivity index (χ1v) is 6.95. The maximum atomic E-state index is 11.6. The smallest absolute Gasteiger partial charge is 0.360 e. The van der Waals surface area contributed by atoms with E-state index in [0.717, 1.165) is 12.4 Å². The zero-order valence-electron chi connectivity index (χ0n) is 12.0. The summed E-state index contributed by atoms with van der Waals surface area (Å²) in [5.41, 5.74) is 6.28. The second-order valence-corrected chi connectivity index (χ2v) is 5.52. The number of hydrogen-bond acceptors (Lipinski definition) is 4. The number of ether oxygens (including phenoxy) is 1. The van der Waals surface area contributed by atoms with Crippen molar-refractivity contribution >= 4 is 11.8 Å². The summed E-state index contributed by atoms with van der Waals surface area (Å²) in [7, 11) is 1.35. The summed E-state index contributed by atoms with van der Waals surface area (Å²) in [5, 5.41) is 0. The Balaban J connectivity index is 2.20. The van der Waals surface area contributed by atoms with Crippen molar-refractivity contribution in [2.75, 3.05) is 12.8 Å². The van der Waals surface area contributed by atoms with Gasteiger partial charge in [-0.15, -0.1) is 0 Å². The molecule has 19 heavy (non-hydrogen) atoms. The van der Waals surface area contributed by atoms with E-state index in [1.807, 2.05) is 11.5 Å². The van der Waals surface area contributed by atoms with Gasteiger partial charge in [-0.1, -0.05) is 26.2 Å². The molecule has 2 N–H and O–H groups in total. The molecule has 1 heterocycles. The number of nitrogens with two attached hydrogens (primary N) is 1. The van der Waals surface area contributed by atoms with Crippen LogP contribution >= 0.6 is 0 Å². The number of methoxy groups -OCH3 is 1. The third kappa shape index (κ3) is 2.74. The van der Waals surface area contributed by atoms with Gasteiger partial charge < -0.3 is 15.0 Å². The van der Waals surface area contributed by atoms with Crippen molar-refractivity contribution in [3.05, 3.63) is 11.5 Å². The van der Waals surface area contributed by atoms with E-state index in [4.69, 9.17) is 10.5 Å². The van der Waals surface area contributed by atoms with Crippen molar-refractivity contribution in [1.29, 1.82) is 0 Å². The normalized spacial score (nSPS) is 23.3. The van der Waals surface area contributed by atoms with E-state index in [2.05, 4.69) is 11.9 Å². The molecule has 106 valence electrons. The monoisotopic (exact) mass is 265 g/mol. The van der Waals surface area contributed by atoms with Gasteiger partial charge in [-0.05, 0) is 25.2 Å². The zero-order chi connectivity index (χ0) is 14.0. The van der Waals surface area contributed by atoms with Crippen LogP contribution in [0.1, 0.15) is 48.9 Å². The molecule has 5 heteroatoms. The summed E-state index contributed by atoms with van der Waals surface area (Å²) < 4.78 is 6.66. The Labute approximate surface area is 114 Å². The highest BCUT2D eigenvalue weighted by molar-refractivity contribution is 5.92. The standard InChI is InChI=1S/C14H23N3O2/c1-9-6-4-5-7-11(9)8-17-10(2)16-12(13(17)15)14(18)19-3/h9,11H,4-8,15H2,1-3H3. The third-order valence-corrected chi connectivity index (χ3v) is 4.28. The van der Waals surface area contributed by atoms with E-state index in [1.54, 1.807) is 0 Å². The maximum absolute atomic E-state index is 11.6. The highest BCUT2D eigenvalue weighted by atomic mass is 16.5. The number of hydrogen-bond donors (Lipinski definition) is 1. The second kappa shape index (κ2) is 5.63. The number of carbonyl (C=O) groups excluding carboxylic acids is 1. The first kappa shape index (κ1) is 13.9. The Morgan fingerprint density at radius 3 is 2.79 bits per heavy atom. The molecule has 0 aromatic carbocycles. The second-order valence-electron chi connectivity index (χ2n) is 5.52.